The van der Waals surface area contributed by atoms with Crippen LogP contribution in [0.15, 0.2) is 30.3 Å². The zero-order valence-electron chi connectivity index (χ0n) is 14.6. The Bertz CT molecular complexity index is 539. The van der Waals surface area contributed by atoms with Crippen molar-refractivity contribution in [2.45, 2.75) is 36.7 Å². The predicted octanol–water partition coefficient (Wildman–Crippen LogP) is 2.24. The third-order valence-corrected chi connectivity index (χ3v) is 6.12. The van der Waals surface area contributed by atoms with Crippen molar-refractivity contribution >= 4 is 34.2 Å². The number of hydrogen-bond donors (Lipinski definition) is 3. The number of rotatable bonds is 5. The summed E-state index contributed by atoms with van der Waals surface area (Å²) in [5, 5.41) is 3.41. The van der Waals surface area contributed by atoms with E-state index in [0.717, 1.165) is 39.0 Å². The van der Waals surface area contributed by atoms with Gasteiger partial charge in [0.05, 0.1) is 10.9 Å². The minimum Gasteiger partial charge on any atom is -0.341 e. The first kappa shape index (κ1) is 20.6. The number of carbonyl (C=O) groups excluding carboxylic acids is 1. The minimum absolute atomic E-state index is 0. The van der Waals surface area contributed by atoms with Crippen LogP contribution in [-0.2, 0) is 4.79 Å². The van der Waals surface area contributed by atoms with Crippen LogP contribution in [0.4, 0.5) is 0 Å². The molecule has 5 nitrogen and oxygen atoms in total. The summed E-state index contributed by atoms with van der Waals surface area (Å²) in [6.45, 7) is 5.95. The molecule has 1 aromatic rings. The van der Waals surface area contributed by atoms with Crippen LogP contribution in [0, 0.1) is 5.92 Å². The smallest absolute Gasteiger partial charge is 0.242 e. The highest BCUT2D eigenvalue weighted by molar-refractivity contribution is 9.09. The number of nitrogens with one attached hydrogen (secondary N) is 3. The second kappa shape index (κ2) is 9.88. The van der Waals surface area contributed by atoms with Gasteiger partial charge in [0.1, 0.15) is 6.04 Å². The van der Waals surface area contributed by atoms with E-state index in [0.29, 0.717) is 5.92 Å². The number of carbonyl (C=O) groups is 1. The number of nitrogens with zero attached hydrogens (tertiary/aromatic N) is 1. The minimum atomic E-state index is -0.222. The fourth-order valence-electron chi connectivity index (χ4n) is 3.56. The Hall–Kier alpha value is -0.660. The van der Waals surface area contributed by atoms with Gasteiger partial charge in [0.25, 0.3) is 0 Å². The molecule has 25 heavy (non-hydrogen) atoms. The lowest BCUT2D eigenvalue weighted by Gasteiger charge is -2.34. The Kier molecular flexibility index (Phi) is 8.16. The molecule has 0 aromatic heterocycles. The van der Waals surface area contributed by atoms with Gasteiger partial charge in [0.15, 0.2) is 0 Å². The van der Waals surface area contributed by atoms with Crippen LogP contribution in [0.5, 0.6) is 0 Å². The molecular weight excluding hydrogens is 404 g/mol. The van der Waals surface area contributed by atoms with Crippen molar-refractivity contribution in [2.24, 2.45) is 5.92 Å². The van der Waals surface area contributed by atoms with Gasteiger partial charge in [-0.15, -0.1) is 12.4 Å². The lowest BCUT2D eigenvalue weighted by molar-refractivity contribution is -0.134. The lowest BCUT2D eigenvalue weighted by Crippen LogP contribution is -2.51. The van der Waals surface area contributed by atoms with Crippen molar-refractivity contribution in [1.29, 1.82) is 0 Å². The molecule has 1 aromatic carbocycles. The molecule has 1 amide bonds. The largest absolute Gasteiger partial charge is 0.341 e. The van der Waals surface area contributed by atoms with E-state index in [-0.39, 0.29) is 35.2 Å². The van der Waals surface area contributed by atoms with Gasteiger partial charge in [0.2, 0.25) is 5.91 Å². The zero-order valence-corrected chi connectivity index (χ0v) is 17.0. The molecule has 2 aliphatic rings. The average molecular weight is 432 g/mol. The number of alkyl halides is 1. The van der Waals surface area contributed by atoms with E-state index in [2.05, 4.69) is 51.2 Å². The van der Waals surface area contributed by atoms with Crippen LogP contribution in [0.2, 0.25) is 0 Å². The van der Waals surface area contributed by atoms with Gasteiger partial charge in [-0.3, -0.25) is 4.79 Å². The molecule has 3 unspecified atom stereocenters. The normalized spacial score (nSPS) is 27.1. The average Bonchev–Trinajstić information content (AvgIpc) is 3.02. The molecule has 3 N–H and O–H groups in total. The van der Waals surface area contributed by atoms with Gasteiger partial charge in [-0.25, -0.2) is 10.9 Å². The van der Waals surface area contributed by atoms with Crippen molar-refractivity contribution in [3.8, 4) is 0 Å². The number of hydrazine groups is 1. The third kappa shape index (κ3) is 4.95. The molecule has 0 radical (unpaired) electrons. The standard InChI is InChI=1S/C18H27BrN4O.ClH/c1-2-20-12-13-8-10-23(11-9-13)18(24)17-15(19)16(21-22-17)14-6-4-3-5-7-14;/h3-7,13,15-17,20-22H,2,8-12H2,1H3;1H. The number of halogens is 2. The number of benzene rings is 1. The maximum absolute atomic E-state index is 12.9. The van der Waals surface area contributed by atoms with Crippen molar-refractivity contribution in [3.63, 3.8) is 0 Å². The summed E-state index contributed by atoms with van der Waals surface area (Å²) < 4.78 is 0. The number of hydrogen-bond acceptors (Lipinski definition) is 4. The summed E-state index contributed by atoms with van der Waals surface area (Å²) in [5.74, 6) is 0.894. The Morgan fingerprint density at radius 3 is 2.56 bits per heavy atom. The van der Waals surface area contributed by atoms with Gasteiger partial charge in [-0.05, 0) is 37.4 Å². The van der Waals surface area contributed by atoms with E-state index in [1.165, 1.54) is 5.56 Å². The van der Waals surface area contributed by atoms with Crippen molar-refractivity contribution in [1.82, 2.24) is 21.1 Å². The van der Waals surface area contributed by atoms with Crippen LogP contribution in [0.1, 0.15) is 31.4 Å². The maximum Gasteiger partial charge on any atom is 0.242 e. The van der Waals surface area contributed by atoms with E-state index < -0.39 is 0 Å². The molecule has 3 rings (SSSR count). The van der Waals surface area contributed by atoms with E-state index >= 15 is 0 Å². The predicted molar refractivity (Wildman–Crippen MR) is 107 cm³/mol. The SMILES string of the molecule is CCNCC1CCN(C(=O)C2NNC(c3ccccc3)C2Br)CC1.Cl. The van der Waals surface area contributed by atoms with Gasteiger partial charge < -0.3 is 10.2 Å². The van der Waals surface area contributed by atoms with Crippen LogP contribution in [0.25, 0.3) is 0 Å². The molecule has 0 aliphatic carbocycles. The Labute approximate surface area is 164 Å². The van der Waals surface area contributed by atoms with E-state index in [1.54, 1.807) is 0 Å². The number of likely N-dealkylation sites (tertiary alicyclic amines) is 1. The lowest BCUT2D eigenvalue weighted by atomic mass is 9.95. The van der Waals surface area contributed by atoms with Crippen LogP contribution < -0.4 is 16.2 Å². The number of amides is 1. The summed E-state index contributed by atoms with van der Waals surface area (Å²) in [6.07, 6.45) is 2.18. The highest BCUT2D eigenvalue weighted by Crippen LogP contribution is 2.30. The fourth-order valence-corrected chi connectivity index (χ4v) is 4.36. The molecule has 2 aliphatic heterocycles. The molecule has 140 valence electrons. The van der Waals surface area contributed by atoms with E-state index in [4.69, 9.17) is 0 Å². The molecule has 7 heteroatoms. The highest BCUT2D eigenvalue weighted by atomic mass is 79.9. The Balaban J connectivity index is 0.00000225. The maximum atomic E-state index is 12.9. The van der Waals surface area contributed by atoms with Crippen LogP contribution in [-0.4, -0.2) is 47.9 Å². The van der Waals surface area contributed by atoms with Gasteiger partial charge in [0, 0.05) is 13.1 Å². The summed E-state index contributed by atoms with van der Waals surface area (Å²) in [7, 11) is 0. The topological polar surface area (TPSA) is 56.4 Å². The summed E-state index contributed by atoms with van der Waals surface area (Å²) >= 11 is 3.74. The first-order chi connectivity index (χ1) is 11.7. The molecule has 0 spiro atoms. The molecular formula is C18H28BrClN4O. The quantitative estimate of drug-likeness (QED) is 0.626. The number of piperidine rings is 1. The summed E-state index contributed by atoms with van der Waals surface area (Å²) in [4.78, 5) is 15.0. The fraction of sp³-hybridized carbons (Fsp3) is 0.611. The van der Waals surface area contributed by atoms with Crippen molar-refractivity contribution < 1.29 is 4.79 Å². The van der Waals surface area contributed by atoms with Crippen molar-refractivity contribution in [3.05, 3.63) is 35.9 Å². The molecule has 2 heterocycles. The van der Waals surface area contributed by atoms with Crippen LogP contribution >= 0.6 is 28.3 Å². The van der Waals surface area contributed by atoms with Crippen molar-refractivity contribution in [2.75, 3.05) is 26.2 Å². The Morgan fingerprint density at radius 1 is 1.24 bits per heavy atom. The summed E-state index contributed by atoms with van der Waals surface area (Å²) in [6, 6.07) is 10.1. The molecule has 2 saturated heterocycles. The molecule has 0 bridgehead atoms. The van der Waals surface area contributed by atoms with Gasteiger partial charge in [-0.2, -0.15) is 0 Å². The Morgan fingerprint density at radius 2 is 1.92 bits per heavy atom. The van der Waals surface area contributed by atoms with E-state index in [1.807, 2.05) is 23.1 Å². The molecule has 0 saturated carbocycles. The highest BCUT2D eigenvalue weighted by Gasteiger charge is 2.41. The molecule has 2 fully saturated rings. The van der Waals surface area contributed by atoms with Gasteiger partial charge in [-0.1, -0.05) is 53.2 Å². The molecule has 3 atom stereocenters. The summed E-state index contributed by atoms with van der Waals surface area (Å²) in [5.41, 5.74) is 7.66. The van der Waals surface area contributed by atoms with E-state index in [9.17, 15) is 4.79 Å². The van der Waals surface area contributed by atoms with Crippen LogP contribution in [0.3, 0.4) is 0 Å². The first-order valence-corrected chi connectivity index (χ1v) is 9.82. The third-order valence-electron chi connectivity index (χ3n) is 5.07. The zero-order chi connectivity index (χ0) is 16.9. The monoisotopic (exact) mass is 430 g/mol. The second-order valence-electron chi connectivity index (χ2n) is 6.68. The second-order valence-corrected chi connectivity index (χ2v) is 7.73. The first-order valence-electron chi connectivity index (χ1n) is 8.90. The van der Waals surface area contributed by atoms with Gasteiger partial charge >= 0.3 is 0 Å².